The molecule has 3 fully saturated rings. The highest BCUT2D eigenvalue weighted by molar-refractivity contribution is 5.77. The van der Waals surface area contributed by atoms with Crippen LogP contribution < -0.4 is 5.32 Å². The van der Waals surface area contributed by atoms with Crippen molar-refractivity contribution in [2.75, 3.05) is 26.9 Å². The van der Waals surface area contributed by atoms with E-state index in [0.717, 1.165) is 18.0 Å². The monoisotopic (exact) mass is 364 g/mol. The molecule has 1 amide bonds. The molecule has 0 bridgehead atoms. The average molecular weight is 364 g/mol. The number of fused-ring (bicyclic) bond motifs is 1. The fourth-order valence-corrected chi connectivity index (χ4v) is 4.47. The van der Waals surface area contributed by atoms with Crippen molar-refractivity contribution in [3.8, 4) is 0 Å². The summed E-state index contributed by atoms with van der Waals surface area (Å²) in [4.78, 5) is 11.8. The summed E-state index contributed by atoms with van der Waals surface area (Å²) in [5.74, 6) is 0.592. The van der Waals surface area contributed by atoms with E-state index >= 15 is 0 Å². The van der Waals surface area contributed by atoms with E-state index < -0.39 is 0 Å². The summed E-state index contributed by atoms with van der Waals surface area (Å²) in [6.07, 6.45) is 9.45. The summed E-state index contributed by atoms with van der Waals surface area (Å²) in [5, 5.41) is 11.6. The molecule has 144 valence electrons. The van der Waals surface area contributed by atoms with Gasteiger partial charge in [-0.2, -0.15) is 0 Å². The number of nitrogens with one attached hydrogen (secondary N) is 1. The number of carbonyl (C=O) groups excluding carboxylic acids is 1. The molecular weight excluding hydrogens is 336 g/mol. The van der Waals surface area contributed by atoms with Gasteiger partial charge >= 0.3 is 0 Å². The minimum Gasteiger partial charge on any atom is -0.375 e. The van der Waals surface area contributed by atoms with Gasteiger partial charge in [-0.05, 0) is 12.3 Å². The molecule has 1 saturated carbocycles. The smallest absolute Gasteiger partial charge is 0.246 e. The van der Waals surface area contributed by atoms with Crippen LogP contribution in [-0.2, 0) is 25.4 Å². The second-order valence-corrected chi connectivity index (χ2v) is 7.67. The van der Waals surface area contributed by atoms with Gasteiger partial charge in [0, 0.05) is 13.3 Å². The molecule has 0 unspecified atom stereocenters. The molecule has 3 heterocycles. The predicted molar refractivity (Wildman–Crippen MR) is 92.6 cm³/mol. The Balaban J connectivity index is 1.35. The molecule has 1 aliphatic carbocycles. The number of amides is 1. The van der Waals surface area contributed by atoms with Gasteiger partial charge in [-0.3, -0.25) is 4.79 Å². The highest BCUT2D eigenvalue weighted by Crippen LogP contribution is 2.34. The van der Waals surface area contributed by atoms with Crippen LogP contribution in [-0.4, -0.2) is 66.1 Å². The SMILES string of the molecule is COCC(=O)N[C@H]1CO[C@H]2[C@@H]1OC[C@@H]2n1cc(CC2CCCCC2)nn1. The average Bonchev–Trinajstić information content (AvgIpc) is 3.34. The van der Waals surface area contributed by atoms with Gasteiger partial charge in [-0.25, -0.2) is 4.68 Å². The van der Waals surface area contributed by atoms with E-state index in [2.05, 4.69) is 15.6 Å². The Hall–Kier alpha value is -1.51. The molecule has 2 saturated heterocycles. The zero-order chi connectivity index (χ0) is 17.9. The third-order valence-electron chi connectivity index (χ3n) is 5.77. The maximum Gasteiger partial charge on any atom is 0.246 e. The lowest BCUT2D eigenvalue weighted by molar-refractivity contribution is -0.126. The van der Waals surface area contributed by atoms with Gasteiger partial charge < -0.3 is 19.5 Å². The van der Waals surface area contributed by atoms with Gasteiger partial charge in [0.15, 0.2) is 0 Å². The van der Waals surface area contributed by atoms with Crippen LogP contribution in [0.25, 0.3) is 0 Å². The third-order valence-corrected chi connectivity index (χ3v) is 5.77. The van der Waals surface area contributed by atoms with Crippen LogP contribution in [0.15, 0.2) is 6.20 Å². The number of hydrogen-bond acceptors (Lipinski definition) is 6. The van der Waals surface area contributed by atoms with Crippen LogP contribution >= 0.6 is 0 Å². The van der Waals surface area contributed by atoms with E-state index in [0.29, 0.717) is 13.2 Å². The first-order valence-corrected chi connectivity index (χ1v) is 9.67. The molecule has 26 heavy (non-hydrogen) atoms. The number of rotatable bonds is 6. The van der Waals surface area contributed by atoms with Gasteiger partial charge in [0.05, 0.1) is 24.9 Å². The molecular formula is C18H28N4O4. The van der Waals surface area contributed by atoms with E-state index in [1.165, 1.54) is 39.2 Å². The molecule has 8 heteroatoms. The summed E-state index contributed by atoms with van der Waals surface area (Å²) in [7, 11) is 1.51. The molecule has 8 nitrogen and oxygen atoms in total. The highest BCUT2D eigenvalue weighted by atomic mass is 16.6. The highest BCUT2D eigenvalue weighted by Gasteiger charge is 2.49. The van der Waals surface area contributed by atoms with Gasteiger partial charge in [0.25, 0.3) is 0 Å². The van der Waals surface area contributed by atoms with Crippen LogP contribution in [0.3, 0.4) is 0 Å². The zero-order valence-corrected chi connectivity index (χ0v) is 15.3. The molecule has 4 rings (SSSR count). The first-order valence-electron chi connectivity index (χ1n) is 9.67. The van der Waals surface area contributed by atoms with E-state index in [1.54, 1.807) is 0 Å². The second kappa shape index (κ2) is 8.02. The van der Waals surface area contributed by atoms with Crippen LogP contribution in [0, 0.1) is 5.92 Å². The molecule has 1 N–H and O–H groups in total. The Bertz CT molecular complexity index is 616. The van der Waals surface area contributed by atoms with E-state index in [1.807, 2.05) is 10.9 Å². The van der Waals surface area contributed by atoms with Gasteiger partial charge in [0.2, 0.25) is 5.91 Å². The number of carbonyl (C=O) groups is 1. The molecule has 2 aliphatic heterocycles. The number of ether oxygens (including phenoxy) is 3. The standard InChI is InChI=1S/C18H28N4O4/c1-24-11-16(23)19-14-9-25-18-15(10-26-17(14)18)22-8-13(20-21-22)7-12-5-3-2-4-6-12/h8,12,14-15,17-18H,2-7,9-11H2,1H3,(H,19,23)/t14-,15-,17+,18+/m0/s1. The van der Waals surface area contributed by atoms with Gasteiger partial charge in [0.1, 0.15) is 24.9 Å². The summed E-state index contributed by atoms with van der Waals surface area (Å²) in [6, 6.07) is -0.130. The van der Waals surface area contributed by atoms with E-state index in [-0.39, 0.29) is 36.8 Å². The van der Waals surface area contributed by atoms with Crippen molar-refractivity contribution < 1.29 is 19.0 Å². The van der Waals surface area contributed by atoms with Crippen molar-refractivity contribution in [3.05, 3.63) is 11.9 Å². The molecule has 3 aliphatic rings. The number of aromatic nitrogens is 3. The first kappa shape index (κ1) is 17.9. The Labute approximate surface area is 153 Å². The quantitative estimate of drug-likeness (QED) is 0.806. The number of nitrogens with zero attached hydrogens (tertiary/aromatic N) is 3. The molecule has 0 spiro atoms. The maximum atomic E-state index is 11.8. The van der Waals surface area contributed by atoms with Gasteiger partial charge in [-0.15, -0.1) is 5.10 Å². The molecule has 0 radical (unpaired) electrons. The number of hydrogen-bond donors (Lipinski definition) is 1. The van der Waals surface area contributed by atoms with Crippen molar-refractivity contribution in [3.63, 3.8) is 0 Å². The number of methoxy groups -OCH3 is 1. The van der Waals surface area contributed by atoms with Crippen LogP contribution in [0.1, 0.15) is 43.8 Å². The Kier molecular flexibility index (Phi) is 5.52. The molecule has 0 aromatic carbocycles. The Morgan fingerprint density at radius 2 is 2.08 bits per heavy atom. The normalized spacial score (nSPS) is 31.9. The Morgan fingerprint density at radius 1 is 1.27 bits per heavy atom. The van der Waals surface area contributed by atoms with Crippen LogP contribution in [0.5, 0.6) is 0 Å². The van der Waals surface area contributed by atoms with Crippen LogP contribution in [0.4, 0.5) is 0 Å². The van der Waals surface area contributed by atoms with Crippen molar-refractivity contribution in [1.29, 1.82) is 0 Å². The lowest BCUT2D eigenvalue weighted by Gasteiger charge is -2.20. The van der Waals surface area contributed by atoms with Crippen molar-refractivity contribution in [2.24, 2.45) is 5.92 Å². The van der Waals surface area contributed by atoms with Crippen molar-refractivity contribution in [1.82, 2.24) is 20.3 Å². The Morgan fingerprint density at radius 3 is 2.88 bits per heavy atom. The summed E-state index contributed by atoms with van der Waals surface area (Å²) in [6.45, 7) is 1.02. The fourth-order valence-electron chi connectivity index (χ4n) is 4.47. The van der Waals surface area contributed by atoms with Crippen molar-refractivity contribution in [2.45, 2.75) is 62.8 Å². The van der Waals surface area contributed by atoms with Crippen molar-refractivity contribution >= 4 is 5.91 Å². The van der Waals surface area contributed by atoms with Crippen LogP contribution in [0.2, 0.25) is 0 Å². The maximum absolute atomic E-state index is 11.8. The minimum atomic E-state index is -0.149. The molecule has 1 aromatic rings. The first-order chi connectivity index (χ1) is 12.7. The van der Waals surface area contributed by atoms with E-state index in [4.69, 9.17) is 14.2 Å². The molecule has 4 atom stereocenters. The lowest BCUT2D eigenvalue weighted by atomic mass is 9.86. The molecule has 1 aromatic heterocycles. The summed E-state index contributed by atoms with van der Waals surface area (Å²) < 4.78 is 18.6. The summed E-state index contributed by atoms with van der Waals surface area (Å²) in [5.41, 5.74) is 1.06. The lowest BCUT2D eigenvalue weighted by Crippen LogP contribution is -2.45. The minimum absolute atomic E-state index is 0.0110. The van der Waals surface area contributed by atoms with Gasteiger partial charge in [-0.1, -0.05) is 37.3 Å². The third kappa shape index (κ3) is 3.77. The second-order valence-electron chi connectivity index (χ2n) is 7.67. The largest absolute Gasteiger partial charge is 0.375 e. The topological polar surface area (TPSA) is 87.5 Å². The predicted octanol–water partition coefficient (Wildman–Crippen LogP) is 0.871. The fraction of sp³-hybridized carbons (Fsp3) is 0.833. The summed E-state index contributed by atoms with van der Waals surface area (Å²) >= 11 is 0. The zero-order valence-electron chi connectivity index (χ0n) is 15.3. The van der Waals surface area contributed by atoms with E-state index in [9.17, 15) is 4.79 Å².